The average Bonchev–Trinajstić information content (AvgIpc) is 2.19. The van der Waals surface area contributed by atoms with Crippen molar-refractivity contribution in [3.05, 3.63) is 34.9 Å². The van der Waals surface area contributed by atoms with E-state index in [0.717, 1.165) is 6.42 Å². The summed E-state index contributed by atoms with van der Waals surface area (Å²) in [6, 6.07) is 6.35. The van der Waals surface area contributed by atoms with E-state index in [9.17, 15) is 0 Å². The number of rotatable bonds is 4. The predicted molar refractivity (Wildman–Crippen MR) is 63.9 cm³/mol. The third-order valence-electron chi connectivity index (χ3n) is 2.89. The molecule has 2 heteroatoms. The Morgan fingerprint density at radius 3 is 2.47 bits per heavy atom. The van der Waals surface area contributed by atoms with Crippen LogP contribution >= 0.6 is 0 Å². The van der Waals surface area contributed by atoms with Crippen LogP contribution in [0.2, 0.25) is 0 Å². The lowest BCUT2D eigenvalue weighted by Crippen LogP contribution is -2.28. The van der Waals surface area contributed by atoms with Crippen molar-refractivity contribution in [2.75, 3.05) is 7.11 Å². The Morgan fingerprint density at radius 1 is 1.33 bits per heavy atom. The lowest BCUT2D eigenvalue weighted by molar-refractivity contribution is 0.0770. The molecule has 2 atom stereocenters. The van der Waals surface area contributed by atoms with Crippen molar-refractivity contribution < 1.29 is 4.74 Å². The zero-order chi connectivity index (χ0) is 11.4. The minimum absolute atomic E-state index is 0.0272. The summed E-state index contributed by atoms with van der Waals surface area (Å²) in [5, 5.41) is 0. The summed E-state index contributed by atoms with van der Waals surface area (Å²) in [7, 11) is 1.72. The fraction of sp³-hybridized carbons (Fsp3) is 0.538. The van der Waals surface area contributed by atoms with Crippen LogP contribution in [0.4, 0.5) is 0 Å². The second-order valence-corrected chi connectivity index (χ2v) is 4.07. The molecule has 1 aromatic rings. The summed E-state index contributed by atoms with van der Waals surface area (Å²) in [5.74, 6) is 0. The molecule has 15 heavy (non-hydrogen) atoms. The zero-order valence-corrected chi connectivity index (χ0v) is 10.1. The van der Waals surface area contributed by atoms with Crippen molar-refractivity contribution >= 4 is 0 Å². The fourth-order valence-electron chi connectivity index (χ4n) is 1.97. The van der Waals surface area contributed by atoms with E-state index in [1.54, 1.807) is 7.11 Å². The van der Waals surface area contributed by atoms with Crippen LogP contribution in [0.1, 0.15) is 36.1 Å². The zero-order valence-electron chi connectivity index (χ0n) is 10.1. The van der Waals surface area contributed by atoms with Gasteiger partial charge in [0.15, 0.2) is 0 Å². The summed E-state index contributed by atoms with van der Waals surface area (Å²) < 4.78 is 5.38. The highest BCUT2D eigenvalue weighted by atomic mass is 16.5. The Bertz CT molecular complexity index is 318. The van der Waals surface area contributed by atoms with E-state index in [1.165, 1.54) is 16.7 Å². The molecular weight excluding hydrogens is 186 g/mol. The molecule has 0 aliphatic carbocycles. The van der Waals surface area contributed by atoms with Crippen LogP contribution in [0.5, 0.6) is 0 Å². The molecule has 0 spiro atoms. The van der Waals surface area contributed by atoms with Crippen molar-refractivity contribution in [2.24, 2.45) is 5.73 Å². The molecule has 2 unspecified atom stereocenters. The van der Waals surface area contributed by atoms with E-state index in [-0.39, 0.29) is 12.1 Å². The summed E-state index contributed by atoms with van der Waals surface area (Å²) in [4.78, 5) is 0. The molecule has 0 aromatic heterocycles. The maximum Gasteiger partial charge on any atom is 0.0761 e. The first kappa shape index (κ1) is 12.2. The van der Waals surface area contributed by atoms with Gasteiger partial charge in [-0.2, -0.15) is 0 Å². The molecular formula is C13H21NO. The van der Waals surface area contributed by atoms with Gasteiger partial charge in [-0.05, 0) is 31.4 Å². The van der Waals surface area contributed by atoms with Crippen molar-refractivity contribution in [1.82, 2.24) is 0 Å². The summed E-state index contributed by atoms with van der Waals surface area (Å²) >= 11 is 0. The van der Waals surface area contributed by atoms with Crippen LogP contribution in [-0.4, -0.2) is 13.2 Å². The van der Waals surface area contributed by atoms with E-state index < -0.39 is 0 Å². The smallest absolute Gasteiger partial charge is 0.0761 e. The van der Waals surface area contributed by atoms with Gasteiger partial charge in [0.1, 0.15) is 0 Å². The van der Waals surface area contributed by atoms with Crippen LogP contribution in [0, 0.1) is 13.8 Å². The molecule has 0 aliphatic heterocycles. The van der Waals surface area contributed by atoms with E-state index in [0.29, 0.717) is 0 Å². The first-order valence-electron chi connectivity index (χ1n) is 5.45. The third kappa shape index (κ3) is 2.80. The van der Waals surface area contributed by atoms with Crippen molar-refractivity contribution in [1.29, 1.82) is 0 Å². The van der Waals surface area contributed by atoms with Crippen LogP contribution in [0.15, 0.2) is 18.2 Å². The highest BCUT2D eigenvalue weighted by Crippen LogP contribution is 2.22. The van der Waals surface area contributed by atoms with Crippen LogP contribution in [-0.2, 0) is 4.74 Å². The van der Waals surface area contributed by atoms with E-state index in [2.05, 4.69) is 39.0 Å². The summed E-state index contributed by atoms with van der Waals surface area (Å²) in [6.07, 6.45) is 1.04. The van der Waals surface area contributed by atoms with Gasteiger partial charge in [0.25, 0.3) is 0 Å². The van der Waals surface area contributed by atoms with E-state index >= 15 is 0 Å². The first-order chi connectivity index (χ1) is 7.10. The summed E-state index contributed by atoms with van der Waals surface area (Å²) in [6.45, 7) is 6.29. The molecule has 1 aromatic carbocycles. The second-order valence-electron chi connectivity index (χ2n) is 4.07. The first-order valence-corrected chi connectivity index (χ1v) is 5.45. The van der Waals surface area contributed by atoms with E-state index in [1.807, 2.05) is 0 Å². The molecule has 0 saturated carbocycles. The molecule has 2 N–H and O–H groups in total. The van der Waals surface area contributed by atoms with Gasteiger partial charge in [-0.1, -0.05) is 30.7 Å². The number of hydrogen-bond acceptors (Lipinski definition) is 2. The predicted octanol–water partition coefficient (Wildman–Crippen LogP) is 2.73. The molecule has 0 radical (unpaired) electrons. The number of ether oxygens (including phenoxy) is 1. The minimum Gasteiger partial charge on any atom is -0.379 e. The normalized spacial score (nSPS) is 15.0. The Hall–Kier alpha value is -0.860. The van der Waals surface area contributed by atoms with Crippen molar-refractivity contribution in [3.8, 4) is 0 Å². The number of methoxy groups -OCH3 is 1. The molecule has 0 bridgehead atoms. The van der Waals surface area contributed by atoms with Crippen molar-refractivity contribution in [3.63, 3.8) is 0 Å². The third-order valence-corrected chi connectivity index (χ3v) is 2.89. The van der Waals surface area contributed by atoms with Crippen LogP contribution in [0.3, 0.4) is 0 Å². The Kier molecular flexibility index (Phi) is 4.30. The lowest BCUT2D eigenvalue weighted by atomic mass is 9.95. The minimum atomic E-state index is -0.0272. The maximum atomic E-state index is 6.19. The topological polar surface area (TPSA) is 35.2 Å². The molecule has 2 nitrogen and oxygen atoms in total. The van der Waals surface area contributed by atoms with Gasteiger partial charge in [-0.3, -0.25) is 0 Å². The molecule has 1 rings (SSSR count). The Labute approximate surface area is 92.4 Å². The largest absolute Gasteiger partial charge is 0.379 e. The Balaban J connectivity index is 2.94. The molecule has 0 amide bonds. The molecule has 0 aliphatic rings. The molecule has 84 valence electrons. The fourth-order valence-corrected chi connectivity index (χ4v) is 1.97. The van der Waals surface area contributed by atoms with Crippen LogP contribution in [0.25, 0.3) is 0 Å². The monoisotopic (exact) mass is 207 g/mol. The SMILES string of the molecule is CCC(OC)C(N)c1ccc(C)cc1C. The van der Waals surface area contributed by atoms with Crippen LogP contribution < -0.4 is 5.73 Å². The standard InChI is InChI=1S/C13H21NO/c1-5-12(15-4)13(14)11-7-6-9(2)8-10(11)3/h6-8,12-13H,5,14H2,1-4H3. The molecule has 0 saturated heterocycles. The Morgan fingerprint density at radius 2 is 2.00 bits per heavy atom. The van der Waals surface area contributed by atoms with Gasteiger partial charge < -0.3 is 10.5 Å². The number of benzene rings is 1. The summed E-state index contributed by atoms with van der Waals surface area (Å²) in [5.41, 5.74) is 9.90. The van der Waals surface area contributed by atoms with Gasteiger partial charge in [0.05, 0.1) is 12.1 Å². The highest BCUT2D eigenvalue weighted by molar-refractivity contribution is 5.33. The second kappa shape index (κ2) is 5.29. The van der Waals surface area contributed by atoms with Gasteiger partial charge in [-0.15, -0.1) is 0 Å². The van der Waals surface area contributed by atoms with E-state index in [4.69, 9.17) is 10.5 Å². The number of hydrogen-bond donors (Lipinski definition) is 1. The van der Waals surface area contributed by atoms with Gasteiger partial charge in [-0.25, -0.2) is 0 Å². The van der Waals surface area contributed by atoms with Crippen molar-refractivity contribution in [2.45, 2.75) is 39.3 Å². The van der Waals surface area contributed by atoms with Gasteiger partial charge in [0, 0.05) is 7.11 Å². The van der Waals surface area contributed by atoms with Gasteiger partial charge in [0.2, 0.25) is 0 Å². The highest BCUT2D eigenvalue weighted by Gasteiger charge is 2.18. The molecule has 0 fully saturated rings. The van der Waals surface area contributed by atoms with Gasteiger partial charge >= 0.3 is 0 Å². The average molecular weight is 207 g/mol. The number of nitrogens with two attached hydrogens (primary N) is 1. The molecule has 0 heterocycles. The lowest BCUT2D eigenvalue weighted by Gasteiger charge is -2.23. The number of aryl methyl sites for hydroxylation is 2. The quantitative estimate of drug-likeness (QED) is 0.824. The maximum absolute atomic E-state index is 6.19.